The number of hydrogen-bond acceptors (Lipinski definition) is 3. The average Bonchev–Trinajstić information content (AvgIpc) is 2.72. The van der Waals surface area contributed by atoms with Crippen molar-refractivity contribution in [3.63, 3.8) is 0 Å². The Kier molecular flexibility index (Phi) is 8.34. The van der Waals surface area contributed by atoms with E-state index in [1.165, 1.54) is 5.56 Å². The number of carbonyl (C=O) groups excluding carboxylic acids is 1. The maximum atomic E-state index is 11.6. The number of nitrogens with zero attached hydrogens (tertiary/aromatic N) is 2. The normalized spacial score (nSPS) is 11.1. The third-order valence-electron chi connectivity index (χ3n) is 4.21. The molecule has 0 radical (unpaired) electrons. The highest BCUT2D eigenvalue weighted by Crippen LogP contribution is 2.13. The van der Waals surface area contributed by atoms with Crippen LogP contribution in [0.15, 0.2) is 53.5 Å². The van der Waals surface area contributed by atoms with Crippen LogP contribution in [0, 0.1) is 0 Å². The molecule has 2 rings (SSSR count). The van der Waals surface area contributed by atoms with E-state index in [9.17, 15) is 4.79 Å². The number of amides is 1. The van der Waals surface area contributed by atoms with Crippen molar-refractivity contribution in [3.05, 3.63) is 65.2 Å². The number of guanidine groups is 1. The molecule has 0 atom stereocenters. The molecule has 6 heteroatoms. The Labute approximate surface area is 167 Å². The second kappa shape index (κ2) is 11.0. The van der Waals surface area contributed by atoms with E-state index in [0.717, 1.165) is 30.4 Å². The molecule has 6 nitrogen and oxygen atoms in total. The molecule has 0 saturated carbocycles. The Morgan fingerprint density at radius 2 is 1.68 bits per heavy atom. The zero-order valence-electron chi connectivity index (χ0n) is 17.2. The van der Waals surface area contributed by atoms with Crippen LogP contribution in [0.2, 0.25) is 0 Å². The topological polar surface area (TPSA) is 66.0 Å². The number of benzene rings is 2. The van der Waals surface area contributed by atoms with Gasteiger partial charge in [0.2, 0.25) is 0 Å². The minimum Gasteiger partial charge on any atom is -0.494 e. The van der Waals surface area contributed by atoms with Gasteiger partial charge in [0.05, 0.1) is 13.2 Å². The first-order valence-electron chi connectivity index (χ1n) is 9.59. The Balaban J connectivity index is 2.02. The maximum absolute atomic E-state index is 11.6. The van der Waals surface area contributed by atoms with E-state index in [2.05, 4.69) is 34.6 Å². The van der Waals surface area contributed by atoms with Crippen LogP contribution in [0.5, 0.6) is 5.75 Å². The summed E-state index contributed by atoms with van der Waals surface area (Å²) in [4.78, 5) is 18.5. The van der Waals surface area contributed by atoms with Crippen LogP contribution >= 0.6 is 0 Å². The summed E-state index contributed by atoms with van der Waals surface area (Å²) >= 11 is 0. The molecule has 0 aliphatic heterocycles. The average molecular weight is 383 g/mol. The first-order valence-corrected chi connectivity index (χ1v) is 9.59. The number of hydrogen-bond donors (Lipinski definition) is 2. The third kappa shape index (κ3) is 6.30. The number of nitrogens with one attached hydrogen (secondary N) is 2. The van der Waals surface area contributed by atoms with E-state index in [4.69, 9.17) is 9.73 Å². The van der Waals surface area contributed by atoms with Crippen LogP contribution in [0.4, 0.5) is 0 Å². The predicted octanol–water partition coefficient (Wildman–Crippen LogP) is 3.04. The van der Waals surface area contributed by atoms with Gasteiger partial charge in [-0.2, -0.15) is 0 Å². The summed E-state index contributed by atoms with van der Waals surface area (Å²) in [5.74, 6) is 1.64. The largest absolute Gasteiger partial charge is 0.494 e. The molecule has 2 aromatic carbocycles. The van der Waals surface area contributed by atoms with E-state index in [1.54, 1.807) is 7.05 Å². The van der Waals surface area contributed by atoms with Crippen molar-refractivity contribution < 1.29 is 9.53 Å². The molecule has 0 fully saturated rings. The SMILES string of the molecule is CCNC(=NCc1ccc(C(=O)NC)cc1)N(C)Cc1ccc(OCC)cc1. The predicted molar refractivity (Wildman–Crippen MR) is 114 cm³/mol. The van der Waals surface area contributed by atoms with Crippen LogP contribution in [0.25, 0.3) is 0 Å². The van der Waals surface area contributed by atoms with Gasteiger partial charge in [-0.3, -0.25) is 4.79 Å². The van der Waals surface area contributed by atoms with Gasteiger partial charge in [0, 0.05) is 32.7 Å². The molecule has 1 amide bonds. The number of carbonyl (C=O) groups is 1. The first kappa shape index (κ1) is 21.3. The summed E-state index contributed by atoms with van der Waals surface area (Å²) < 4.78 is 5.49. The van der Waals surface area contributed by atoms with Crippen molar-refractivity contribution in [1.29, 1.82) is 0 Å². The molecular formula is C22H30N4O2. The highest BCUT2D eigenvalue weighted by molar-refractivity contribution is 5.93. The fourth-order valence-electron chi connectivity index (χ4n) is 2.75. The monoisotopic (exact) mass is 382 g/mol. The van der Waals surface area contributed by atoms with E-state index >= 15 is 0 Å². The molecule has 2 aromatic rings. The fraction of sp³-hybridized carbons (Fsp3) is 0.364. The number of aliphatic imine (C=N–C) groups is 1. The van der Waals surface area contributed by atoms with E-state index < -0.39 is 0 Å². The van der Waals surface area contributed by atoms with Gasteiger partial charge < -0.3 is 20.3 Å². The Morgan fingerprint density at radius 1 is 1.04 bits per heavy atom. The fourth-order valence-corrected chi connectivity index (χ4v) is 2.75. The van der Waals surface area contributed by atoms with E-state index in [-0.39, 0.29) is 5.91 Å². The molecule has 0 spiro atoms. The van der Waals surface area contributed by atoms with Crippen LogP contribution in [-0.2, 0) is 13.1 Å². The lowest BCUT2D eigenvalue weighted by atomic mass is 10.1. The van der Waals surface area contributed by atoms with Crippen molar-refractivity contribution in [1.82, 2.24) is 15.5 Å². The molecule has 0 aliphatic carbocycles. The zero-order chi connectivity index (χ0) is 20.4. The quantitative estimate of drug-likeness (QED) is 0.544. The first-order chi connectivity index (χ1) is 13.6. The molecule has 28 heavy (non-hydrogen) atoms. The lowest BCUT2D eigenvalue weighted by molar-refractivity contribution is 0.0963. The summed E-state index contributed by atoms with van der Waals surface area (Å²) in [6.45, 7) is 6.78. The Morgan fingerprint density at radius 3 is 2.25 bits per heavy atom. The summed E-state index contributed by atoms with van der Waals surface area (Å²) in [5, 5.41) is 5.96. The Hall–Kier alpha value is -3.02. The standard InChI is InChI=1S/C22H30N4O2/c1-5-24-22(25-15-17-7-11-19(12-8-17)21(27)23-3)26(4)16-18-9-13-20(14-10-18)28-6-2/h7-14H,5-6,15-16H2,1-4H3,(H,23,27)(H,24,25). The summed E-state index contributed by atoms with van der Waals surface area (Å²) in [7, 11) is 3.65. The highest BCUT2D eigenvalue weighted by Gasteiger charge is 2.07. The van der Waals surface area contributed by atoms with Gasteiger partial charge in [-0.25, -0.2) is 4.99 Å². The zero-order valence-corrected chi connectivity index (χ0v) is 17.2. The van der Waals surface area contributed by atoms with Crippen molar-refractivity contribution in [2.75, 3.05) is 27.2 Å². The summed E-state index contributed by atoms with van der Waals surface area (Å²) in [6, 6.07) is 15.6. The van der Waals surface area contributed by atoms with Gasteiger partial charge in [0.25, 0.3) is 5.91 Å². The molecule has 0 unspecified atom stereocenters. The van der Waals surface area contributed by atoms with E-state index in [1.807, 2.05) is 50.4 Å². The molecule has 0 saturated heterocycles. The van der Waals surface area contributed by atoms with Gasteiger partial charge in [0.15, 0.2) is 5.96 Å². The smallest absolute Gasteiger partial charge is 0.251 e. The van der Waals surface area contributed by atoms with Crippen LogP contribution in [0.3, 0.4) is 0 Å². The molecule has 0 bridgehead atoms. The number of rotatable bonds is 8. The highest BCUT2D eigenvalue weighted by atomic mass is 16.5. The molecule has 150 valence electrons. The van der Waals surface area contributed by atoms with Crippen LogP contribution < -0.4 is 15.4 Å². The summed E-state index contributed by atoms with van der Waals surface area (Å²) in [5.41, 5.74) is 2.89. The minimum absolute atomic E-state index is 0.0847. The molecule has 0 aliphatic rings. The molecule has 2 N–H and O–H groups in total. The van der Waals surface area contributed by atoms with Crippen molar-refractivity contribution in [3.8, 4) is 5.75 Å². The van der Waals surface area contributed by atoms with Crippen molar-refractivity contribution in [2.24, 2.45) is 4.99 Å². The van der Waals surface area contributed by atoms with Crippen LogP contribution in [-0.4, -0.2) is 44.0 Å². The van der Waals surface area contributed by atoms with Gasteiger partial charge in [0.1, 0.15) is 5.75 Å². The van der Waals surface area contributed by atoms with Gasteiger partial charge in [-0.1, -0.05) is 24.3 Å². The lowest BCUT2D eigenvalue weighted by Gasteiger charge is -2.22. The third-order valence-corrected chi connectivity index (χ3v) is 4.21. The maximum Gasteiger partial charge on any atom is 0.251 e. The lowest BCUT2D eigenvalue weighted by Crippen LogP contribution is -2.38. The van der Waals surface area contributed by atoms with Gasteiger partial charge >= 0.3 is 0 Å². The van der Waals surface area contributed by atoms with E-state index in [0.29, 0.717) is 18.7 Å². The van der Waals surface area contributed by atoms with Gasteiger partial charge in [-0.15, -0.1) is 0 Å². The number of ether oxygens (including phenoxy) is 1. The molecule has 0 aromatic heterocycles. The molecule has 0 heterocycles. The van der Waals surface area contributed by atoms with Gasteiger partial charge in [-0.05, 0) is 49.2 Å². The Bertz CT molecular complexity index is 770. The second-order valence-electron chi connectivity index (χ2n) is 6.38. The van der Waals surface area contributed by atoms with Crippen molar-refractivity contribution >= 4 is 11.9 Å². The van der Waals surface area contributed by atoms with Crippen LogP contribution in [0.1, 0.15) is 35.3 Å². The minimum atomic E-state index is -0.0847. The van der Waals surface area contributed by atoms with Crippen molar-refractivity contribution in [2.45, 2.75) is 26.9 Å². The molecular weight excluding hydrogens is 352 g/mol. The summed E-state index contributed by atoms with van der Waals surface area (Å²) in [6.07, 6.45) is 0. The second-order valence-corrected chi connectivity index (χ2v) is 6.38.